The Morgan fingerprint density at radius 3 is 2.88 bits per heavy atom. The van der Waals surface area contributed by atoms with Crippen molar-refractivity contribution in [3.8, 4) is 0 Å². The van der Waals surface area contributed by atoms with Gasteiger partial charge in [-0.25, -0.2) is 9.97 Å². The molecule has 0 bridgehead atoms. The van der Waals surface area contributed by atoms with Gasteiger partial charge in [0.25, 0.3) is 0 Å². The van der Waals surface area contributed by atoms with E-state index in [1.807, 2.05) is 37.6 Å². The predicted octanol–water partition coefficient (Wildman–Crippen LogP) is 2.05. The topological polar surface area (TPSA) is 54.4 Å². The van der Waals surface area contributed by atoms with Gasteiger partial charge in [-0.05, 0) is 44.5 Å². The lowest BCUT2D eigenvalue weighted by atomic mass is 9.96. The molecule has 0 amide bonds. The monoisotopic (exact) mass is 339 g/mol. The van der Waals surface area contributed by atoms with Crippen molar-refractivity contribution in [3.05, 3.63) is 48.0 Å². The largest absolute Gasteiger partial charge is 0.371 e. The summed E-state index contributed by atoms with van der Waals surface area (Å²) in [4.78, 5) is 18.0. The van der Waals surface area contributed by atoms with Gasteiger partial charge in [-0.15, -0.1) is 0 Å². The summed E-state index contributed by atoms with van der Waals surface area (Å²) in [6.45, 7) is 5.49. The van der Waals surface area contributed by atoms with Crippen LogP contribution in [0.2, 0.25) is 0 Å². The minimum absolute atomic E-state index is 0.0582. The molecule has 4 heterocycles. The van der Waals surface area contributed by atoms with Crippen molar-refractivity contribution in [1.82, 2.24) is 19.9 Å². The summed E-state index contributed by atoms with van der Waals surface area (Å²) in [5.74, 6) is 0.816. The first-order valence-electron chi connectivity index (χ1n) is 8.91. The van der Waals surface area contributed by atoms with Crippen molar-refractivity contribution < 1.29 is 4.74 Å². The second-order valence-electron chi connectivity index (χ2n) is 7.32. The maximum Gasteiger partial charge on any atom is 0.225 e. The minimum Gasteiger partial charge on any atom is -0.371 e. The zero-order valence-electron chi connectivity index (χ0n) is 14.9. The number of pyridine rings is 1. The molecule has 4 rings (SSSR count). The van der Waals surface area contributed by atoms with Crippen molar-refractivity contribution in [3.63, 3.8) is 0 Å². The second-order valence-corrected chi connectivity index (χ2v) is 7.32. The van der Waals surface area contributed by atoms with Crippen molar-refractivity contribution in [2.75, 3.05) is 31.6 Å². The quantitative estimate of drug-likeness (QED) is 0.850. The van der Waals surface area contributed by atoms with Crippen molar-refractivity contribution in [2.45, 2.75) is 38.0 Å². The Balaban J connectivity index is 1.38. The molecule has 25 heavy (non-hydrogen) atoms. The molecule has 0 aliphatic carbocycles. The summed E-state index contributed by atoms with van der Waals surface area (Å²) >= 11 is 0. The fourth-order valence-corrected chi connectivity index (χ4v) is 3.83. The molecule has 2 unspecified atom stereocenters. The van der Waals surface area contributed by atoms with Crippen LogP contribution in [0.5, 0.6) is 0 Å². The van der Waals surface area contributed by atoms with Crippen LogP contribution in [0.3, 0.4) is 0 Å². The molecule has 2 aliphatic heterocycles. The summed E-state index contributed by atoms with van der Waals surface area (Å²) in [5, 5.41) is 0. The van der Waals surface area contributed by atoms with Gasteiger partial charge in [-0.3, -0.25) is 9.88 Å². The van der Waals surface area contributed by atoms with E-state index in [1.165, 1.54) is 0 Å². The highest BCUT2D eigenvalue weighted by Gasteiger charge is 2.47. The number of aryl methyl sites for hydroxylation is 1. The van der Waals surface area contributed by atoms with Crippen molar-refractivity contribution in [1.29, 1.82) is 0 Å². The first kappa shape index (κ1) is 16.4. The molecule has 2 aromatic rings. The molecule has 2 aliphatic rings. The average Bonchev–Trinajstić information content (AvgIpc) is 3.24. The van der Waals surface area contributed by atoms with Crippen LogP contribution in [0.15, 0.2) is 36.8 Å². The molecule has 0 aromatic carbocycles. The number of anilines is 1. The van der Waals surface area contributed by atoms with Crippen LogP contribution in [-0.2, 0) is 11.3 Å². The smallest absolute Gasteiger partial charge is 0.225 e. The van der Waals surface area contributed by atoms with Gasteiger partial charge in [0.2, 0.25) is 5.95 Å². The van der Waals surface area contributed by atoms with E-state index in [9.17, 15) is 0 Å². The van der Waals surface area contributed by atoms with E-state index in [-0.39, 0.29) is 5.60 Å². The van der Waals surface area contributed by atoms with Gasteiger partial charge >= 0.3 is 0 Å². The van der Waals surface area contributed by atoms with Gasteiger partial charge in [0.15, 0.2) is 0 Å². The van der Waals surface area contributed by atoms with Gasteiger partial charge in [0.05, 0.1) is 17.9 Å². The second kappa shape index (κ2) is 6.69. The van der Waals surface area contributed by atoms with Gasteiger partial charge < -0.3 is 9.64 Å². The molecule has 0 radical (unpaired) electrons. The Kier molecular flexibility index (Phi) is 4.39. The normalized spacial score (nSPS) is 26.0. The highest BCUT2D eigenvalue weighted by atomic mass is 16.5. The SMILES string of the molecule is Cc1cnc(N2CCC3(CC(N(C)Cc4ccccn4)CO3)C2)nc1. The van der Waals surface area contributed by atoms with Crippen LogP contribution in [0, 0.1) is 6.92 Å². The summed E-state index contributed by atoms with van der Waals surface area (Å²) < 4.78 is 6.29. The molecule has 1 spiro atoms. The molecule has 2 saturated heterocycles. The zero-order valence-corrected chi connectivity index (χ0v) is 14.9. The van der Waals surface area contributed by atoms with E-state index in [1.54, 1.807) is 0 Å². The first-order chi connectivity index (χ1) is 12.1. The maximum atomic E-state index is 6.29. The van der Waals surface area contributed by atoms with E-state index < -0.39 is 0 Å². The summed E-state index contributed by atoms with van der Waals surface area (Å²) in [6.07, 6.45) is 7.71. The van der Waals surface area contributed by atoms with Crippen LogP contribution in [0.25, 0.3) is 0 Å². The Morgan fingerprint density at radius 1 is 1.28 bits per heavy atom. The lowest BCUT2D eigenvalue weighted by Gasteiger charge is -2.25. The molecule has 0 saturated carbocycles. The lowest BCUT2D eigenvalue weighted by Crippen LogP contribution is -2.36. The molecular weight excluding hydrogens is 314 g/mol. The zero-order chi connectivity index (χ0) is 17.3. The van der Waals surface area contributed by atoms with Crippen LogP contribution in [-0.4, -0.2) is 58.2 Å². The maximum absolute atomic E-state index is 6.29. The van der Waals surface area contributed by atoms with Crippen LogP contribution in [0.4, 0.5) is 5.95 Å². The summed E-state index contributed by atoms with van der Waals surface area (Å²) in [7, 11) is 2.16. The molecular formula is C19H25N5O. The van der Waals surface area contributed by atoms with Crippen LogP contribution < -0.4 is 4.90 Å². The van der Waals surface area contributed by atoms with Gasteiger partial charge in [0, 0.05) is 44.3 Å². The van der Waals surface area contributed by atoms with E-state index in [4.69, 9.17) is 4.74 Å². The summed E-state index contributed by atoms with van der Waals surface area (Å²) in [5.41, 5.74) is 2.13. The van der Waals surface area contributed by atoms with E-state index >= 15 is 0 Å². The lowest BCUT2D eigenvalue weighted by molar-refractivity contribution is 0.0205. The predicted molar refractivity (Wildman–Crippen MR) is 96.4 cm³/mol. The number of hydrogen-bond acceptors (Lipinski definition) is 6. The number of rotatable bonds is 4. The molecule has 2 aromatic heterocycles. The molecule has 6 nitrogen and oxygen atoms in total. The van der Waals surface area contributed by atoms with Crippen molar-refractivity contribution in [2.24, 2.45) is 0 Å². The molecule has 2 atom stereocenters. The number of likely N-dealkylation sites (N-methyl/N-ethyl adjacent to an activating group) is 1. The van der Waals surface area contributed by atoms with Crippen LogP contribution in [0.1, 0.15) is 24.1 Å². The number of ether oxygens (including phenoxy) is 1. The highest BCUT2D eigenvalue weighted by molar-refractivity contribution is 5.33. The highest BCUT2D eigenvalue weighted by Crippen LogP contribution is 2.37. The third kappa shape index (κ3) is 3.50. The van der Waals surface area contributed by atoms with Gasteiger partial charge in [-0.2, -0.15) is 0 Å². The van der Waals surface area contributed by atoms with E-state index in [0.717, 1.165) is 56.3 Å². The third-order valence-corrected chi connectivity index (χ3v) is 5.32. The molecule has 2 fully saturated rings. The third-order valence-electron chi connectivity index (χ3n) is 5.32. The molecule has 0 N–H and O–H groups in total. The Morgan fingerprint density at radius 2 is 2.12 bits per heavy atom. The van der Waals surface area contributed by atoms with Gasteiger partial charge in [-0.1, -0.05) is 6.07 Å². The van der Waals surface area contributed by atoms with Crippen molar-refractivity contribution >= 4 is 5.95 Å². The Hall–Kier alpha value is -2.05. The average molecular weight is 339 g/mol. The molecule has 132 valence electrons. The first-order valence-corrected chi connectivity index (χ1v) is 8.91. The standard InChI is InChI=1S/C19H25N5O/c1-15-10-21-18(22-11-15)24-8-6-19(14-24)9-17(13-25-19)23(2)12-16-5-3-4-7-20-16/h3-5,7,10-11,17H,6,8-9,12-14H2,1-2H3. The minimum atomic E-state index is -0.0582. The van der Waals surface area contributed by atoms with E-state index in [2.05, 4.69) is 37.9 Å². The fourth-order valence-electron chi connectivity index (χ4n) is 3.83. The van der Waals surface area contributed by atoms with E-state index in [0.29, 0.717) is 6.04 Å². The van der Waals surface area contributed by atoms with Gasteiger partial charge in [0.1, 0.15) is 0 Å². The summed E-state index contributed by atoms with van der Waals surface area (Å²) in [6, 6.07) is 6.51. The fraction of sp³-hybridized carbons (Fsp3) is 0.526. The number of nitrogens with zero attached hydrogens (tertiary/aromatic N) is 5. The Bertz CT molecular complexity index is 708. The Labute approximate surface area is 148 Å². The molecule has 6 heteroatoms. The van der Waals surface area contributed by atoms with Crippen LogP contribution >= 0.6 is 0 Å². The number of aromatic nitrogens is 3. The number of hydrogen-bond donors (Lipinski definition) is 0.